The largest absolute Gasteiger partial charge is 0.322 e. The summed E-state index contributed by atoms with van der Waals surface area (Å²) in [6, 6.07) is 8.12. The van der Waals surface area contributed by atoms with Crippen LogP contribution in [0.1, 0.15) is 24.9 Å². The van der Waals surface area contributed by atoms with Crippen LogP contribution in [0.15, 0.2) is 34.1 Å². The molecule has 1 heterocycles. The number of thiazole rings is 1. The first-order chi connectivity index (χ1) is 8.09. The lowest BCUT2D eigenvalue weighted by Gasteiger charge is -2.11. The summed E-state index contributed by atoms with van der Waals surface area (Å²) in [6.07, 6.45) is 0. The molecule has 0 saturated heterocycles. The summed E-state index contributed by atoms with van der Waals surface area (Å²) in [4.78, 5) is 4.63. The Kier molecular flexibility index (Phi) is 3.97. The molecule has 0 aliphatic rings. The van der Waals surface area contributed by atoms with Crippen molar-refractivity contribution >= 4 is 27.3 Å². The van der Waals surface area contributed by atoms with E-state index in [1.165, 1.54) is 0 Å². The highest BCUT2D eigenvalue weighted by molar-refractivity contribution is 9.10. The zero-order valence-electron chi connectivity index (χ0n) is 9.85. The highest BCUT2D eigenvalue weighted by Crippen LogP contribution is 2.31. The summed E-state index contributed by atoms with van der Waals surface area (Å²) in [7, 11) is 0. The van der Waals surface area contributed by atoms with Gasteiger partial charge in [0.25, 0.3) is 0 Å². The van der Waals surface area contributed by atoms with E-state index in [4.69, 9.17) is 5.73 Å². The van der Waals surface area contributed by atoms with Crippen molar-refractivity contribution in [1.29, 1.82) is 0 Å². The first-order valence-electron chi connectivity index (χ1n) is 5.55. The average Bonchev–Trinajstić information content (AvgIpc) is 2.77. The Morgan fingerprint density at radius 3 is 2.65 bits per heavy atom. The minimum absolute atomic E-state index is 0.0243. The Morgan fingerprint density at radius 2 is 2.00 bits per heavy atom. The second-order valence-corrected chi connectivity index (χ2v) is 6.06. The molecule has 1 aromatic heterocycles. The maximum absolute atomic E-state index is 6.10. The second kappa shape index (κ2) is 5.29. The summed E-state index contributed by atoms with van der Waals surface area (Å²) in [6.45, 7) is 4.23. The quantitative estimate of drug-likeness (QED) is 0.921. The van der Waals surface area contributed by atoms with Crippen LogP contribution in [-0.4, -0.2) is 4.98 Å². The summed E-state index contributed by atoms with van der Waals surface area (Å²) < 4.78 is 1.06. The third kappa shape index (κ3) is 2.76. The zero-order chi connectivity index (χ0) is 12.4. The normalized spacial score (nSPS) is 13.0. The Bertz CT molecular complexity index is 508. The van der Waals surface area contributed by atoms with E-state index in [1.54, 1.807) is 11.3 Å². The number of benzene rings is 1. The molecule has 2 aromatic rings. The number of nitrogens with zero attached hydrogens (tertiary/aromatic N) is 1. The van der Waals surface area contributed by atoms with Crippen LogP contribution in [0.3, 0.4) is 0 Å². The van der Waals surface area contributed by atoms with Gasteiger partial charge >= 0.3 is 0 Å². The van der Waals surface area contributed by atoms with Gasteiger partial charge in [-0.15, -0.1) is 11.3 Å². The Balaban J connectivity index is 2.34. The molecule has 0 saturated carbocycles. The van der Waals surface area contributed by atoms with E-state index >= 15 is 0 Å². The Morgan fingerprint density at radius 1 is 1.29 bits per heavy atom. The molecule has 2 rings (SSSR count). The van der Waals surface area contributed by atoms with Gasteiger partial charge in [-0.1, -0.05) is 48.0 Å². The first-order valence-corrected chi connectivity index (χ1v) is 7.22. The van der Waals surface area contributed by atoms with Gasteiger partial charge in [-0.3, -0.25) is 0 Å². The predicted molar refractivity (Wildman–Crippen MR) is 77.0 cm³/mol. The van der Waals surface area contributed by atoms with Crippen molar-refractivity contribution in [2.45, 2.75) is 19.9 Å². The molecule has 2 nitrogen and oxygen atoms in total. The van der Waals surface area contributed by atoms with Crippen molar-refractivity contribution in [3.05, 3.63) is 39.1 Å². The van der Waals surface area contributed by atoms with Crippen LogP contribution in [0.4, 0.5) is 0 Å². The fourth-order valence-corrected chi connectivity index (χ4v) is 3.00. The van der Waals surface area contributed by atoms with Gasteiger partial charge in [0.15, 0.2) is 0 Å². The van der Waals surface area contributed by atoms with Gasteiger partial charge in [0.1, 0.15) is 5.01 Å². The molecule has 1 unspecified atom stereocenters. The third-order valence-electron chi connectivity index (χ3n) is 2.68. The number of rotatable bonds is 3. The zero-order valence-corrected chi connectivity index (χ0v) is 12.3. The minimum Gasteiger partial charge on any atom is -0.322 e. The van der Waals surface area contributed by atoms with E-state index in [0.717, 1.165) is 20.7 Å². The van der Waals surface area contributed by atoms with Crippen molar-refractivity contribution in [3.63, 3.8) is 0 Å². The number of hydrogen-bond donors (Lipinski definition) is 1. The molecule has 4 heteroatoms. The van der Waals surface area contributed by atoms with Crippen molar-refractivity contribution in [2.75, 3.05) is 0 Å². The maximum atomic E-state index is 6.10. The van der Waals surface area contributed by atoms with Gasteiger partial charge in [0.05, 0.1) is 11.7 Å². The van der Waals surface area contributed by atoms with Crippen LogP contribution in [0.25, 0.3) is 11.3 Å². The molecular weight excluding hydrogens is 296 g/mol. The Hall–Kier alpha value is -0.710. The van der Waals surface area contributed by atoms with Gasteiger partial charge in [0.2, 0.25) is 0 Å². The van der Waals surface area contributed by atoms with Gasteiger partial charge in [-0.2, -0.15) is 0 Å². The van der Waals surface area contributed by atoms with E-state index in [9.17, 15) is 0 Å². The highest BCUT2D eigenvalue weighted by Gasteiger charge is 2.15. The van der Waals surface area contributed by atoms with Crippen molar-refractivity contribution in [2.24, 2.45) is 11.7 Å². The van der Waals surface area contributed by atoms with Crippen LogP contribution in [-0.2, 0) is 0 Å². The smallest absolute Gasteiger partial charge is 0.110 e. The fraction of sp³-hybridized carbons (Fsp3) is 0.308. The standard InChI is InChI=1S/C13H15BrN2S/c1-8(2)12(15)13-16-11(7-17-13)9-5-3-4-6-10(9)14/h3-8,12H,15H2,1-2H3. The molecule has 0 fully saturated rings. The highest BCUT2D eigenvalue weighted by atomic mass is 79.9. The molecule has 0 bridgehead atoms. The Labute approximate surface area is 114 Å². The second-order valence-electron chi connectivity index (χ2n) is 4.32. The summed E-state index contributed by atoms with van der Waals surface area (Å²) in [5.74, 6) is 0.410. The van der Waals surface area contributed by atoms with Crippen LogP contribution >= 0.6 is 27.3 Å². The molecule has 1 atom stereocenters. The van der Waals surface area contributed by atoms with E-state index in [0.29, 0.717) is 5.92 Å². The van der Waals surface area contributed by atoms with Gasteiger partial charge in [-0.05, 0) is 12.0 Å². The summed E-state index contributed by atoms with van der Waals surface area (Å²) in [5, 5.41) is 3.07. The molecule has 0 amide bonds. The van der Waals surface area contributed by atoms with Crippen LogP contribution in [0, 0.1) is 5.92 Å². The van der Waals surface area contributed by atoms with E-state index in [2.05, 4.69) is 46.2 Å². The maximum Gasteiger partial charge on any atom is 0.110 e. The summed E-state index contributed by atoms with van der Waals surface area (Å²) in [5.41, 5.74) is 8.21. The van der Waals surface area contributed by atoms with E-state index in [1.807, 2.05) is 18.2 Å². The molecule has 0 spiro atoms. The predicted octanol–water partition coefficient (Wildman–Crippen LogP) is 4.23. The number of nitrogens with two attached hydrogens (primary N) is 1. The van der Waals surface area contributed by atoms with Gasteiger partial charge in [0, 0.05) is 15.4 Å². The molecule has 0 aliphatic carbocycles. The molecule has 17 heavy (non-hydrogen) atoms. The van der Waals surface area contributed by atoms with E-state index in [-0.39, 0.29) is 6.04 Å². The van der Waals surface area contributed by atoms with Crippen LogP contribution < -0.4 is 5.73 Å². The van der Waals surface area contributed by atoms with Crippen molar-refractivity contribution in [3.8, 4) is 11.3 Å². The van der Waals surface area contributed by atoms with Gasteiger partial charge in [-0.25, -0.2) is 4.98 Å². The van der Waals surface area contributed by atoms with E-state index < -0.39 is 0 Å². The fourth-order valence-electron chi connectivity index (χ4n) is 1.52. The molecule has 0 aliphatic heterocycles. The molecule has 0 radical (unpaired) electrons. The lowest BCUT2D eigenvalue weighted by molar-refractivity contribution is 0.512. The molecule has 90 valence electrons. The molecular formula is C13H15BrN2S. The number of halogens is 1. The topological polar surface area (TPSA) is 38.9 Å². The third-order valence-corrected chi connectivity index (χ3v) is 4.31. The number of aromatic nitrogens is 1. The van der Waals surface area contributed by atoms with Crippen molar-refractivity contribution < 1.29 is 0 Å². The first kappa shape index (κ1) is 12.7. The average molecular weight is 311 g/mol. The summed E-state index contributed by atoms with van der Waals surface area (Å²) >= 11 is 5.17. The minimum atomic E-state index is 0.0243. The SMILES string of the molecule is CC(C)C(N)c1nc(-c2ccccc2Br)cs1. The number of hydrogen-bond acceptors (Lipinski definition) is 3. The monoisotopic (exact) mass is 310 g/mol. The van der Waals surface area contributed by atoms with Gasteiger partial charge < -0.3 is 5.73 Å². The lowest BCUT2D eigenvalue weighted by atomic mass is 10.1. The van der Waals surface area contributed by atoms with Crippen molar-refractivity contribution in [1.82, 2.24) is 4.98 Å². The van der Waals surface area contributed by atoms with Crippen LogP contribution in [0.5, 0.6) is 0 Å². The lowest BCUT2D eigenvalue weighted by Crippen LogP contribution is -2.16. The van der Waals surface area contributed by atoms with Crippen LogP contribution in [0.2, 0.25) is 0 Å². The molecule has 2 N–H and O–H groups in total. The molecule has 1 aromatic carbocycles.